The summed E-state index contributed by atoms with van der Waals surface area (Å²) in [6.07, 6.45) is -6.76. The fourth-order valence-electron chi connectivity index (χ4n) is 5.73. The number of aliphatic hydroxyl groups is 3. The molecule has 12 heteroatoms. The van der Waals surface area contributed by atoms with Crippen LogP contribution in [0.25, 0.3) is 0 Å². The average Bonchev–Trinajstić information content (AvgIpc) is 3.03. The highest BCUT2D eigenvalue weighted by Crippen LogP contribution is 2.41. The number of ether oxygens (including phenoxy) is 5. The number of aliphatic hydroxyl groups excluding tert-OH is 3. The van der Waals surface area contributed by atoms with E-state index in [0.29, 0.717) is 48.8 Å². The van der Waals surface area contributed by atoms with Crippen LogP contribution in [0.2, 0.25) is 0 Å². The Hall–Kier alpha value is -3.60. The minimum absolute atomic E-state index is 0.0873. The molecular formula is C32H44N2O10. The summed E-state index contributed by atoms with van der Waals surface area (Å²) in [6, 6.07) is 13.4. The molecule has 0 aromatic heterocycles. The zero-order chi connectivity index (χ0) is 32.6. The third kappa shape index (κ3) is 7.36. The number of nitrogens with zero attached hydrogens (tertiary/aromatic N) is 2. The molecule has 1 fully saturated rings. The molecular weight excluding hydrogens is 572 g/mol. The van der Waals surface area contributed by atoms with Crippen molar-refractivity contribution >= 4 is 5.97 Å². The van der Waals surface area contributed by atoms with Gasteiger partial charge in [-0.25, -0.2) is 4.79 Å². The lowest BCUT2D eigenvalue weighted by Crippen LogP contribution is -2.64. The van der Waals surface area contributed by atoms with E-state index in [2.05, 4.69) is 6.07 Å². The van der Waals surface area contributed by atoms with Crippen LogP contribution in [0.3, 0.4) is 0 Å². The van der Waals surface area contributed by atoms with Gasteiger partial charge in [0, 0.05) is 13.1 Å². The Morgan fingerprint density at radius 2 is 1.50 bits per heavy atom. The van der Waals surface area contributed by atoms with E-state index in [9.17, 15) is 30.5 Å². The van der Waals surface area contributed by atoms with Gasteiger partial charge in [0.2, 0.25) is 0 Å². The minimum atomic E-state index is -1.80. The summed E-state index contributed by atoms with van der Waals surface area (Å²) >= 11 is 0. The minimum Gasteiger partial charge on any atom is -0.493 e. The molecule has 1 aliphatic rings. The molecule has 12 nitrogen and oxygen atoms in total. The van der Waals surface area contributed by atoms with Crippen LogP contribution in [0.4, 0.5) is 0 Å². The third-order valence-corrected chi connectivity index (χ3v) is 8.43. The van der Waals surface area contributed by atoms with Gasteiger partial charge in [-0.15, -0.1) is 0 Å². The summed E-state index contributed by atoms with van der Waals surface area (Å²) in [5.41, 5.74) is 0.745. The third-order valence-electron chi connectivity index (χ3n) is 8.43. The summed E-state index contributed by atoms with van der Waals surface area (Å²) in [7, 11) is 6.15. The molecule has 4 N–H and O–H groups in total. The maximum atomic E-state index is 11.8. The maximum Gasteiger partial charge on any atom is 0.335 e. The Labute approximate surface area is 258 Å². The first-order chi connectivity index (χ1) is 21.0. The van der Waals surface area contributed by atoms with E-state index in [1.54, 1.807) is 37.3 Å². The van der Waals surface area contributed by atoms with Crippen molar-refractivity contribution in [3.05, 3.63) is 47.5 Å². The van der Waals surface area contributed by atoms with Crippen LogP contribution >= 0.6 is 0 Å². The van der Waals surface area contributed by atoms with Crippen molar-refractivity contribution in [3.8, 4) is 29.1 Å². The Bertz CT molecular complexity index is 1300. The highest BCUT2D eigenvalue weighted by atomic mass is 16.6. The van der Waals surface area contributed by atoms with Gasteiger partial charge in [0.15, 0.2) is 29.1 Å². The number of carboxylic acid groups (broad SMARTS) is 1. The highest BCUT2D eigenvalue weighted by Gasteiger charge is 2.48. The quantitative estimate of drug-likeness (QED) is 0.231. The number of hydrogen-bond donors (Lipinski definition) is 4. The fraction of sp³-hybridized carbons (Fsp3) is 0.562. The molecule has 1 aliphatic heterocycles. The standard InChI is InChI=1S/C32H44N2O10/c1-19(2)32(18-33,21-9-11-23(41-4)25(17-21)43-6)13-7-14-34(15-12-20-8-10-22(40-3)24(16-20)42-5)30-28(37)26(35)27(36)29(44-30)31(38)39/h8-11,16-17,19,26-30,35-37H,7,12-15H2,1-6H3,(H,38,39). The van der Waals surface area contributed by atoms with E-state index in [1.807, 2.05) is 32.0 Å². The first-order valence-electron chi connectivity index (χ1n) is 14.5. The number of nitriles is 1. The number of hydrogen-bond acceptors (Lipinski definition) is 11. The fourth-order valence-corrected chi connectivity index (χ4v) is 5.73. The Balaban J connectivity index is 1.91. The molecule has 0 saturated carbocycles. The SMILES string of the molecule is COc1ccc(CCN(CCCC(C#N)(c2ccc(OC)c(OC)c2)C(C)C)C2OC(C(=O)O)C(O)C(O)C2O)cc1OC. The number of aliphatic carboxylic acids is 1. The van der Waals surface area contributed by atoms with Crippen LogP contribution in [-0.4, -0.2) is 103 Å². The molecule has 0 aliphatic carbocycles. The molecule has 6 unspecified atom stereocenters. The second kappa shape index (κ2) is 15.4. The van der Waals surface area contributed by atoms with Gasteiger partial charge in [0.25, 0.3) is 0 Å². The molecule has 6 atom stereocenters. The van der Waals surface area contributed by atoms with Crippen molar-refractivity contribution in [3.63, 3.8) is 0 Å². The molecule has 2 aromatic rings. The lowest BCUT2D eigenvalue weighted by atomic mass is 9.69. The van der Waals surface area contributed by atoms with E-state index in [4.69, 9.17) is 23.7 Å². The van der Waals surface area contributed by atoms with Crippen LogP contribution in [0.15, 0.2) is 36.4 Å². The van der Waals surface area contributed by atoms with Crippen molar-refractivity contribution in [2.75, 3.05) is 41.5 Å². The van der Waals surface area contributed by atoms with E-state index in [1.165, 1.54) is 14.2 Å². The van der Waals surface area contributed by atoms with Crippen LogP contribution < -0.4 is 18.9 Å². The molecule has 0 bridgehead atoms. The van der Waals surface area contributed by atoms with Crippen molar-refractivity contribution in [2.45, 2.75) is 69.2 Å². The number of benzene rings is 2. The number of carbonyl (C=O) groups is 1. The van der Waals surface area contributed by atoms with Crippen LogP contribution in [-0.2, 0) is 21.4 Å². The van der Waals surface area contributed by atoms with Crippen molar-refractivity contribution < 1.29 is 48.9 Å². The largest absolute Gasteiger partial charge is 0.493 e. The van der Waals surface area contributed by atoms with Gasteiger partial charge in [-0.05, 0) is 60.6 Å². The zero-order valence-electron chi connectivity index (χ0n) is 26.1. The Kier molecular flexibility index (Phi) is 12.2. The normalized spacial score (nSPS) is 23.1. The Morgan fingerprint density at radius 1 is 0.909 bits per heavy atom. The number of carboxylic acids is 1. The second-order valence-electron chi connectivity index (χ2n) is 11.1. The zero-order valence-corrected chi connectivity index (χ0v) is 26.1. The van der Waals surface area contributed by atoms with Crippen LogP contribution in [0, 0.1) is 17.2 Å². The van der Waals surface area contributed by atoms with Crippen LogP contribution in [0.5, 0.6) is 23.0 Å². The highest BCUT2D eigenvalue weighted by molar-refractivity contribution is 5.73. The topological polar surface area (TPSA) is 171 Å². The lowest BCUT2D eigenvalue weighted by Gasteiger charge is -2.44. The molecule has 1 heterocycles. The molecule has 0 amide bonds. The van der Waals surface area contributed by atoms with E-state index < -0.39 is 42.0 Å². The maximum absolute atomic E-state index is 11.8. The number of methoxy groups -OCH3 is 4. The monoisotopic (exact) mass is 616 g/mol. The van der Waals surface area contributed by atoms with Gasteiger partial charge in [0.1, 0.15) is 24.5 Å². The first-order valence-corrected chi connectivity index (χ1v) is 14.5. The van der Waals surface area contributed by atoms with Gasteiger partial charge < -0.3 is 44.1 Å². The molecule has 2 aromatic carbocycles. The average molecular weight is 617 g/mol. The second-order valence-corrected chi connectivity index (χ2v) is 11.1. The molecule has 0 radical (unpaired) electrons. The van der Waals surface area contributed by atoms with Gasteiger partial charge in [-0.2, -0.15) is 5.26 Å². The van der Waals surface area contributed by atoms with E-state index in [-0.39, 0.29) is 12.5 Å². The number of rotatable bonds is 15. The van der Waals surface area contributed by atoms with Crippen molar-refractivity contribution in [1.82, 2.24) is 4.90 Å². The summed E-state index contributed by atoms with van der Waals surface area (Å²) in [5.74, 6) is 0.622. The van der Waals surface area contributed by atoms with Gasteiger partial charge in [-0.3, -0.25) is 4.90 Å². The van der Waals surface area contributed by atoms with Crippen molar-refractivity contribution in [2.24, 2.45) is 5.92 Å². The molecule has 0 spiro atoms. The van der Waals surface area contributed by atoms with Crippen LogP contribution in [0.1, 0.15) is 37.8 Å². The van der Waals surface area contributed by atoms with E-state index >= 15 is 0 Å². The molecule has 44 heavy (non-hydrogen) atoms. The first kappa shape index (κ1) is 34.9. The predicted molar refractivity (Wildman–Crippen MR) is 160 cm³/mol. The Morgan fingerprint density at radius 3 is 2.05 bits per heavy atom. The van der Waals surface area contributed by atoms with Gasteiger partial charge >= 0.3 is 5.97 Å². The van der Waals surface area contributed by atoms with Crippen molar-refractivity contribution in [1.29, 1.82) is 5.26 Å². The smallest absolute Gasteiger partial charge is 0.335 e. The summed E-state index contributed by atoms with van der Waals surface area (Å²) in [4.78, 5) is 13.6. The van der Waals surface area contributed by atoms with Gasteiger partial charge in [0.05, 0.1) is 39.9 Å². The molecule has 1 saturated heterocycles. The van der Waals surface area contributed by atoms with Gasteiger partial charge in [-0.1, -0.05) is 26.0 Å². The van der Waals surface area contributed by atoms with E-state index in [0.717, 1.165) is 11.1 Å². The summed E-state index contributed by atoms with van der Waals surface area (Å²) in [6.45, 7) is 4.52. The molecule has 3 rings (SSSR count). The predicted octanol–water partition coefficient (Wildman–Crippen LogP) is 2.36. The lowest BCUT2D eigenvalue weighted by molar-refractivity contribution is -0.259. The summed E-state index contributed by atoms with van der Waals surface area (Å²) < 4.78 is 27.3. The summed E-state index contributed by atoms with van der Waals surface area (Å²) in [5, 5.41) is 51.8. The molecule has 242 valence electrons.